The maximum Gasteiger partial charge on any atom is 0.303 e. The number of carbonyl (C=O) groups excluding carboxylic acids is 1. The first kappa shape index (κ1) is 27.7. The molecule has 1 rings (SSSR count). The molecule has 178 valence electrons. The number of carbonyl (C=O) groups is 2. The fraction of sp³-hybridized carbons (Fsp3) is 0.385. The van der Waals surface area contributed by atoms with Crippen molar-refractivity contribution in [2.24, 2.45) is 9.98 Å². The number of benzene rings is 1. The van der Waals surface area contributed by atoms with Crippen LogP contribution in [0.2, 0.25) is 0 Å². The van der Waals surface area contributed by atoms with Crippen LogP contribution in [-0.4, -0.2) is 60.5 Å². The third-order valence-corrected chi connectivity index (χ3v) is 4.80. The average Bonchev–Trinajstić information content (AvgIpc) is 2.81. The maximum atomic E-state index is 13.0. The number of carboxylic acid groups (broad SMARTS) is 1. The molecule has 0 atom stereocenters. The monoisotopic (exact) mass is 452 g/mol. The van der Waals surface area contributed by atoms with E-state index in [1.54, 1.807) is 53.8 Å². The average molecular weight is 453 g/mol. The van der Waals surface area contributed by atoms with Gasteiger partial charge in [0.1, 0.15) is 0 Å². The molecule has 0 unspecified atom stereocenters. The molecule has 0 aliphatic rings. The van der Waals surface area contributed by atoms with Gasteiger partial charge in [-0.15, -0.1) is 0 Å². The lowest BCUT2D eigenvalue weighted by Crippen LogP contribution is -2.36. The van der Waals surface area contributed by atoms with Crippen LogP contribution < -0.4 is 5.32 Å². The van der Waals surface area contributed by atoms with Gasteiger partial charge in [0.15, 0.2) is 0 Å². The van der Waals surface area contributed by atoms with E-state index < -0.39 is 5.97 Å². The largest absolute Gasteiger partial charge is 0.481 e. The zero-order valence-corrected chi connectivity index (χ0v) is 19.8. The minimum absolute atomic E-state index is 0.0535. The van der Waals surface area contributed by atoms with E-state index in [0.717, 1.165) is 25.1 Å². The lowest BCUT2D eigenvalue weighted by atomic mass is 10.1. The van der Waals surface area contributed by atoms with Crippen LogP contribution in [0, 0.1) is 0 Å². The fourth-order valence-corrected chi connectivity index (χ4v) is 2.96. The summed E-state index contributed by atoms with van der Waals surface area (Å²) < 4.78 is 0. The van der Waals surface area contributed by atoms with Crippen LogP contribution in [0.25, 0.3) is 0 Å². The quantitative estimate of drug-likeness (QED) is 0.207. The molecule has 2 N–H and O–H groups in total. The first-order valence-corrected chi connectivity index (χ1v) is 11.3. The highest BCUT2D eigenvalue weighted by Gasteiger charge is 2.15. The molecule has 7 heteroatoms. The molecule has 0 fully saturated rings. The molecule has 7 nitrogen and oxygen atoms in total. The zero-order chi connectivity index (χ0) is 24.5. The van der Waals surface area contributed by atoms with E-state index >= 15 is 0 Å². The predicted octanol–water partition coefficient (Wildman–Crippen LogP) is 5.11. The van der Waals surface area contributed by atoms with Crippen molar-refractivity contribution in [1.82, 2.24) is 10.2 Å². The molecule has 0 spiro atoms. The van der Waals surface area contributed by atoms with Crippen molar-refractivity contribution in [3.8, 4) is 0 Å². The summed E-state index contributed by atoms with van der Waals surface area (Å²) in [5.41, 5.74) is 2.56. The molecule has 1 amide bonds. The number of allylic oxidation sites excluding steroid dienone is 4. The molecule has 1 aromatic carbocycles. The third kappa shape index (κ3) is 10.7. The van der Waals surface area contributed by atoms with Gasteiger partial charge in [-0.25, -0.2) is 0 Å². The maximum absolute atomic E-state index is 13.0. The number of likely N-dealkylation sites (N-methyl/N-ethyl adjacent to an activating group) is 2. The second-order valence-corrected chi connectivity index (χ2v) is 7.26. The van der Waals surface area contributed by atoms with E-state index in [2.05, 4.69) is 28.5 Å². The standard InChI is InChI=1S/C26H36N4O3/c1-5-12-21(6-2)20-29-23-15-14-22(26(33)30(8-4)18-17-27-7-3)19-24(23)28-16-11-9-10-13-25(31)32/h5-6,12,14-16,19-20,27H,1-2,7-11,13,17-18H2,3-4H3,(H,31,32)/b21-12+,28-16+,29-20+. The number of carboxylic acids is 1. The van der Waals surface area contributed by atoms with Crippen LogP contribution in [0.4, 0.5) is 11.4 Å². The summed E-state index contributed by atoms with van der Waals surface area (Å²) >= 11 is 0. The molecule has 0 aromatic heterocycles. The van der Waals surface area contributed by atoms with Gasteiger partial charge in [0.25, 0.3) is 5.91 Å². The van der Waals surface area contributed by atoms with Crippen LogP contribution in [0.3, 0.4) is 0 Å². The van der Waals surface area contributed by atoms with Crippen LogP contribution in [0.5, 0.6) is 0 Å². The second-order valence-electron chi connectivity index (χ2n) is 7.26. The van der Waals surface area contributed by atoms with E-state index in [1.165, 1.54) is 0 Å². The topological polar surface area (TPSA) is 94.4 Å². The van der Waals surface area contributed by atoms with Gasteiger partial charge >= 0.3 is 5.97 Å². The summed E-state index contributed by atoms with van der Waals surface area (Å²) in [6, 6.07) is 5.30. The fourth-order valence-electron chi connectivity index (χ4n) is 2.96. The lowest BCUT2D eigenvalue weighted by molar-refractivity contribution is -0.137. The van der Waals surface area contributed by atoms with Crippen LogP contribution in [0.15, 0.2) is 65.1 Å². The Kier molecular flexibility index (Phi) is 13.7. The molecular weight excluding hydrogens is 416 g/mol. The van der Waals surface area contributed by atoms with Crippen molar-refractivity contribution in [3.05, 3.63) is 60.7 Å². The van der Waals surface area contributed by atoms with Gasteiger partial charge in [-0.2, -0.15) is 0 Å². The molecule has 0 aliphatic carbocycles. The van der Waals surface area contributed by atoms with E-state index in [9.17, 15) is 9.59 Å². The van der Waals surface area contributed by atoms with Gasteiger partial charge in [-0.1, -0.05) is 38.3 Å². The van der Waals surface area contributed by atoms with Gasteiger partial charge in [0.05, 0.1) is 11.4 Å². The second kappa shape index (κ2) is 16.3. The first-order valence-electron chi connectivity index (χ1n) is 11.3. The highest BCUT2D eigenvalue weighted by Crippen LogP contribution is 2.29. The summed E-state index contributed by atoms with van der Waals surface area (Å²) in [7, 11) is 0. The summed E-state index contributed by atoms with van der Waals surface area (Å²) in [6.07, 6.45) is 10.7. The molecule has 0 saturated heterocycles. The summed E-state index contributed by atoms with van der Waals surface area (Å²) in [5.74, 6) is -0.850. The zero-order valence-electron chi connectivity index (χ0n) is 19.8. The van der Waals surface area contributed by atoms with Gasteiger partial charge in [-0.3, -0.25) is 19.6 Å². The number of rotatable bonds is 16. The molecule has 0 radical (unpaired) electrons. The Morgan fingerprint density at radius 2 is 1.94 bits per heavy atom. The Morgan fingerprint density at radius 1 is 1.15 bits per heavy atom. The predicted molar refractivity (Wildman–Crippen MR) is 137 cm³/mol. The first-order chi connectivity index (χ1) is 16.0. The number of unbranched alkanes of at least 4 members (excludes halogenated alkanes) is 2. The van der Waals surface area contributed by atoms with Gasteiger partial charge in [0.2, 0.25) is 0 Å². The Balaban J connectivity index is 3.13. The molecule has 33 heavy (non-hydrogen) atoms. The van der Waals surface area contributed by atoms with Gasteiger partial charge < -0.3 is 15.3 Å². The Bertz CT molecular complexity index is 888. The van der Waals surface area contributed by atoms with E-state index in [4.69, 9.17) is 5.11 Å². The van der Waals surface area contributed by atoms with E-state index in [1.807, 2.05) is 13.8 Å². The number of hydrogen-bond acceptors (Lipinski definition) is 5. The summed E-state index contributed by atoms with van der Waals surface area (Å²) in [5, 5.41) is 12.0. The Morgan fingerprint density at radius 3 is 2.58 bits per heavy atom. The number of nitrogens with zero attached hydrogens (tertiary/aromatic N) is 3. The van der Waals surface area contributed by atoms with Crippen LogP contribution in [0.1, 0.15) is 49.9 Å². The van der Waals surface area contributed by atoms with Crippen molar-refractivity contribution in [2.75, 3.05) is 26.2 Å². The Labute approximate surface area is 197 Å². The number of amides is 1. The van der Waals surface area contributed by atoms with E-state index in [-0.39, 0.29) is 12.3 Å². The Hall–Kier alpha value is -3.32. The van der Waals surface area contributed by atoms with Crippen molar-refractivity contribution in [1.29, 1.82) is 0 Å². The minimum Gasteiger partial charge on any atom is -0.481 e. The minimum atomic E-state index is -0.796. The highest BCUT2D eigenvalue weighted by atomic mass is 16.4. The number of aliphatic imine (C=N–C) groups is 2. The normalized spacial score (nSPS) is 11.8. The van der Waals surface area contributed by atoms with Gasteiger partial charge in [0, 0.05) is 44.0 Å². The summed E-state index contributed by atoms with van der Waals surface area (Å²) in [6.45, 7) is 14.3. The molecule has 1 aromatic rings. The smallest absolute Gasteiger partial charge is 0.303 e. The third-order valence-electron chi connectivity index (χ3n) is 4.80. The number of hydrogen-bond donors (Lipinski definition) is 2. The van der Waals surface area contributed by atoms with Gasteiger partial charge in [-0.05, 0) is 56.5 Å². The molecule has 0 bridgehead atoms. The molecule has 0 heterocycles. The molecule has 0 saturated carbocycles. The highest BCUT2D eigenvalue weighted by molar-refractivity contribution is 5.96. The SMILES string of the molecule is C=C/C=C(C=C)/C=N/c1ccc(C(=O)N(CC)CCNCC)cc1/N=C/CCCCC(=O)O. The van der Waals surface area contributed by atoms with Crippen LogP contribution in [-0.2, 0) is 4.79 Å². The number of aliphatic carboxylic acids is 1. The number of nitrogens with one attached hydrogen (secondary N) is 1. The van der Waals surface area contributed by atoms with Crippen molar-refractivity contribution < 1.29 is 14.7 Å². The van der Waals surface area contributed by atoms with Crippen molar-refractivity contribution in [2.45, 2.75) is 39.5 Å². The summed E-state index contributed by atoms with van der Waals surface area (Å²) in [4.78, 5) is 34.5. The molecular formula is C26H36N4O3. The van der Waals surface area contributed by atoms with Crippen molar-refractivity contribution >= 4 is 35.7 Å². The van der Waals surface area contributed by atoms with E-state index in [0.29, 0.717) is 42.9 Å². The molecule has 0 aliphatic heterocycles. The van der Waals surface area contributed by atoms with Crippen molar-refractivity contribution in [3.63, 3.8) is 0 Å². The van der Waals surface area contributed by atoms with Crippen LogP contribution >= 0.6 is 0 Å². The lowest BCUT2D eigenvalue weighted by Gasteiger charge is -2.21.